The average molecular weight is 435 g/mol. The van der Waals surface area contributed by atoms with Crippen molar-refractivity contribution in [3.8, 4) is 17.3 Å². The number of hydrogen-bond acceptors (Lipinski definition) is 6. The number of aromatic nitrogens is 1. The molecule has 28 heavy (non-hydrogen) atoms. The molecule has 3 rings (SSSR count). The summed E-state index contributed by atoms with van der Waals surface area (Å²) in [4.78, 5) is 14.4. The number of nitrogens with zero attached hydrogens (tertiary/aromatic N) is 3. The minimum atomic E-state index is -0.939. The summed E-state index contributed by atoms with van der Waals surface area (Å²) in [7, 11) is 0. The van der Waals surface area contributed by atoms with Gasteiger partial charge in [0, 0.05) is 28.9 Å². The Bertz CT molecular complexity index is 1140. The fraction of sp³-hybridized carbons (Fsp3) is 0. The Morgan fingerprint density at radius 3 is 2.75 bits per heavy atom. The van der Waals surface area contributed by atoms with E-state index in [2.05, 4.69) is 10.3 Å². The molecule has 0 atom stereocenters. The van der Waals surface area contributed by atoms with Crippen LogP contribution in [0.2, 0.25) is 10.0 Å². The number of nitrogens with one attached hydrogen (secondary N) is 1. The van der Waals surface area contributed by atoms with Gasteiger partial charge in [-0.25, -0.2) is 4.98 Å². The molecular formula is C18H9Cl2FN4O2S. The maximum absolute atomic E-state index is 13.4. The largest absolute Gasteiger partial charge is 0.360 e. The average Bonchev–Trinajstić information content (AvgIpc) is 3.15. The number of hydrogen-bond donors (Lipinski definition) is 1. The number of nitro groups is 1. The van der Waals surface area contributed by atoms with Gasteiger partial charge in [-0.15, -0.1) is 11.3 Å². The van der Waals surface area contributed by atoms with Crippen LogP contribution in [0.3, 0.4) is 0 Å². The Morgan fingerprint density at radius 1 is 1.29 bits per heavy atom. The van der Waals surface area contributed by atoms with E-state index < -0.39 is 16.4 Å². The molecule has 0 unspecified atom stereocenters. The van der Waals surface area contributed by atoms with Gasteiger partial charge in [0.2, 0.25) is 5.82 Å². The third kappa shape index (κ3) is 4.28. The van der Waals surface area contributed by atoms with Crippen LogP contribution in [-0.4, -0.2) is 9.91 Å². The van der Waals surface area contributed by atoms with E-state index in [1.165, 1.54) is 23.6 Å². The van der Waals surface area contributed by atoms with Gasteiger partial charge in [-0.2, -0.15) is 9.65 Å². The number of nitro benzene ring substituents is 1. The fourth-order valence-electron chi connectivity index (χ4n) is 2.23. The molecule has 140 valence electrons. The molecule has 10 heteroatoms. The molecule has 0 aliphatic carbocycles. The number of rotatable bonds is 5. The van der Waals surface area contributed by atoms with Crippen molar-refractivity contribution < 1.29 is 9.31 Å². The van der Waals surface area contributed by atoms with E-state index in [4.69, 9.17) is 23.2 Å². The predicted octanol–water partition coefficient (Wildman–Crippen LogP) is 6.14. The van der Waals surface area contributed by atoms with Crippen molar-refractivity contribution in [2.45, 2.75) is 0 Å². The third-order valence-corrected chi connectivity index (χ3v) is 5.21. The molecule has 0 aliphatic rings. The molecule has 6 nitrogen and oxygen atoms in total. The van der Waals surface area contributed by atoms with Gasteiger partial charge in [0.1, 0.15) is 16.6 Å². The topological polar surface area (TPSA) is 91.8 Å². The van der Waals surface area contributed by atoms with E-state index in [0.717, 1.165) is 17.7 Å². The highest BCUT2D eigenvalue weighted by atomic mass is 35.5. The van der Waals surface area contributed by atoms with Crippen LogP contribution in [0.5, 0.6) is 0 Å². The van der Waals surface area contributed by atoms with Crippen molar-refractivity contribution >= 4 is 51.5 Å². The minimum Gasteiger partial charge on any atom is -0.360 e. The lowest BCUT2D eigenvalue weighted by atomic mass is 10.2. The van der Waals surface area contributed by atoms with Gasteiger partial charge < -0.3 is 5.32 Å². The van der Waals surface area contributed by atoms with Gasteiger partial charge >= 0.3 is 5.69 Å². The van der Waals surface area contributed by atoms with Gasteiger partial charge in [0.15, 0.2) is 0 Å². The third-order valence-electron chi connectivity index (χ3n) is 3.60. The molecule has 0 bridgehead atoms. The molecule has 0 fully saturated rings. The Morgan fingerprint density at radius 2 is 2.07 bits per heavy atom. The SMILES string of the molecule is N#CC(=CNc1ccc(F)c([N+](=O)[O-])c1)c1nc(-c2ccc(Cl)c(Cl)c2)cs1. The van der Waals surface area contributed by atoms with Crippen LogP contribution in [-0.2, 0) is 0 Å². The van der Waals surface area contributed by atoms with Crippen LogP contribution in [0.4, 0.5) is 15.8 Å². The maximum atomic E-state index is 13.4. The highest BCUT2D eigenvalue weighted by Gasteiger charge is 2.14. The van der Waals surface area contributed by atoms with Crippen molar-refractivity contribution in [2.75, 3.05) is 5.32 Å². The van der Waals surface area contributed by atoms with E-state index in [9.17, 15) is 19.8 Å². The van der Waals surface area contributed by atoms with Crippen LogP contribution in [0.15, 0.2) is 48.0 Å². The van der Waals surface area contributed by atoms with Crippen molar-refractivity contribution in [1.29, 1.82) is 5.26 Å². The molecular weight excluding hydrogens is 426 g/mol. The standard InChI is InChI=1S/C18H9Cl2FN4O2S/c19-13-3-1-10(5-14(13)20)16-9-28-18(24-16)11(7-22)8-23-12-2-4-15(21)17(6-12)25(26)27/h1-6,8-9,23H. The van der Waals surface area contributed by atoms with Crippen LogP contribution in [0.1, 0.15) is 5.01 Å². The van der Waals surface area contributed by atoms with Gasteiger partial charge in [0.25, 0.3) is 0 Å². The maximum Gasteiger partial charge on any atom is 0.306 e. The van der Waals surface area contributed by atoms with Crippen molar-refractivity contribution in [3.63, 3.8) is 0 Å². The first-order valence-electron chi connectivity index (χ1n) is 7.61. The molecule has 1 aromatic heterocycles. The van der Waals surface area contributed by atoms with E-state index in [-0.39, 0.29) is 11.3 Å². The molecule has 1 heterocycles. The summed E-state index contributed by atoms with van der Waals surface area (Å²) in [5, 5.41) is 26.0. The quantitative estimate of drug-likeness (QED) is 0.295. The van der Waals surface area contributed by atoms with Gasteiger partial charge in [-0.05, 0) is 24.3 Å². The molecule has 2 aromatic carbocycles. The van der Waals surface area contributed by atoms with E-state index in [1.807, 2.05) is 6.07 Å². The van der Waals surface area contributed by atoms with Gasteiger partial charge in [-0.3, -0.25) is 10.1 Å². The number of benzene rings is 2. The molecule has 0 radical (unpaired) electrons. The summed E-state index contributed by atoms with van der Waals surface area (Å²) in [6, 6.07) is 10.5. The first-order chi connectivity index (χ1) is 13.4. The van der Waals surface area contributed by atoms with Gasteiger partial charge in [0.05, 0.1) is 20.7 Å². The first kappa shape index (κ1) is 19.8. The number of anilines is 1. The van der Waals surface area contributed by atoms with Crippen molar-refractivity contribution in [3.05, 3.63) is 79.0 Å². The summed E-state index contributed by atoms with van der Waals surface area (Å²) in [5.41, 5.74) is 1.19. The number of nitriles is 1. The molecule has 3 aromatic rings. The van der Waals surface area contributed by atoms with Crippen LogP contribution < -0.4 is 5.32 Å². The molecule has 0 spiro atoms. The van der Waals surface area contributed by atoms with Crippen molar-refractivity contribution in [1.82, 2.24) is 4.98 Å². The highest BCUT2D eigenvalue weighted by Crippen LogP contribution is 2.31. The molecule has 0 saturated heterocycles. The number of allylic oxidation sites excluding steroid dienone is 1. The van der Waals surface area contributed by atoms with Gasteiger partial charge in [-0.1, -0.05) is 29.3 Å². The second-order valence-corrected chi connectivity index (χ2v) is 7.08. The lowest BCUT2D eigenvalue weighted by molar-refractivity contribution is -0.387. The normalized spacial score (nSPS) is 11.1. The molecule has 0 saturated carbocycles. The minimum absolute atomic E-state index is 0.211. The second-order valence-electron chi connectivity index (χ2n) is 5.40. The predicted molar refractivity (Wildman–Crippen MR) is 108 cm³/mol. The van der Waals surface area contributed by atoms with Crippen molar-refractivity contribution in [2.24, 2.45) is 0 Å². The number of thiazole rings is 1. The summed E-state index contributed by atoms with van der Waals surface area (Å²) in [6.07, 6.45) is 1.36. The monoisotopic (exact) mass is 434 g/mol. The fourth-order valence-corrected chi connectivity index (χ4v) is 3.32. The second kappa shape index (κ2) is 8.35. The first-order valence-corrected chi connectivity index (χ1v) is 9.24. The lowest BCUT2D eigenvalue weighted by Gasteiger charge is -2.02. The lowest BCUT2D eigenvalue weighted by Crippen LogP contribution is -1.96. The smallest absolute Gasteiger partial charge is 0.306 e. The zero-order valence-corrected chi connectivity index (χ0v) is 16.1. The Kier molecular flexibility index (Phi) is 5.90. The molecule has 1 N–H and O–H groups in total. The van der Waals surface area contributed by atoms with E-state index in [1.54, 1.807) is 23.6 Å². The zero-order chi connectivity index (χ0) is 20.3. The summed E-state index contributed by atoms with van der Waals surface area (Å²) in [5.74, 6) is -0.939. The number of halogens is 3. The summed E-state index contributed by atoms with van der Waals surface area (Å²) in [6.45, 7) is 0. The van der Waals surface area contributed by atoms with Crippen LogP contribution in [0, 0.1) is 27.3 Å². The van der Waals surface area contributed by atoms with Crippen LogP contribution >= 0.6 is 34.5 Å². The van der Waals surface area contributed by atoms with E-state index >= 15 is 0 Å². The summed E-state index contributed by atoms with van der Waals surface area (Å²) < 4.78 is 13.4. The Labute approximate surface area is 172 Å². The van der Waals surface area contributed by atoms with E-state index in [0.29, 0.717) is 20.7 Å². The summed E-state index contributed by atoms with van der Waals surface area (Å²) >= 11 is 13.2. The highest BCUT2D eigenvalue weighted by molar-refractivity contribution is 7.11. The Hall–Kier alpha value is -2.99. The molecule has 0 amide bonds. The van der Waals surface area contributed by atoms with Crippen LogP contribution in [0.25, 0.3) is 16.8 Å². The zero-order valence-electron chi connectivity index (χ0n) is 13.8. The Balaban J connectivity index is 1.85. The molecule has 0 aliphatic heterocycles.